The standard InChI is InChI=1S/C18H31N5O.HI/c1-19-18(21-15-16-6-4-7-17(14-16)24-3)20-8-11-23-10-5-9-22(2)12-13-23;/h4,6-7,14H,5,8-13,15H2,1-3H3,(H2,19,20,21);1H. The molecule has 25 heavy (non-hydrogen) atoms. The van der Waals surface area contributed by atoms with Gasteiger partial charge in [-0.1, -0.05) is 12.1 Å². The molecule has 1 aliphatic heterocycles. The molecule has 1 aromatic carbocycles. The van der Waals surface area contributed by atoms with E-state index < -0.39 is 0 Å². The first kappa shape index (κ1) is 22.0. The summed E-state index contributed by atoms with van der Waals surface area (Å²) in [5, 5.41) is 6.75. The monoisotopic (exact) mass is 461 g/mol. The normalized spacial score (nSPS) is 16.7. The first-order valence-corrected chi connectivity index (χ1v) is 8.69. The van der Waals surface area contributed by atoms with Crippen LogP contribution in [-0.2, 0) is 6.54 Å². The lowest BCUT2D eigenvalue weighted by Gasteiger charge is -2.21. The molecule has 0 spiro atoms. The summed E-state index contributed by atoms with van der Waals surface area (Å²) in [4.78, 5) is 9.22. The van der Waals surface area contributed by atoms with Crippen molar-refractivity contribution in [2.75, 3.05) is 60.5 Å². The number of guanidine groups is 1. The molecule has 7 heteroatoms. The summed E-state index contributed by atoms with van der Waals surface area (Å²) in [7, 11) is 5.70. The Labute approximate surface area is 169 Å². The maximum Gasteiger partial charge on any atom is 0.191 e. The van der Waals surface area contributed by atoms with Gasteiger partial charge in [-0.15, -0.1) is 24.0 Å². The molecule has 1 heterocycles. The van der Waals surface area contributed by atoms with Crippen LogP contribution in [0.2, 0.25) is 0 Å². The topological polar surface area (TPSA) is 52.1 Å². The molecule has 2 N–H and O–H groups in total. The van der Waals surface area contributed by atoms with Gasteiger partial charge in [-0.25, -0.2) is 0 Å². The number of methoxy groups -OCH3 is 1. The second-order valence-corrected chi connectivity index (χ2v) is 6.20. The lowest BCUT2D eigenvalue weighted by molar-refractivity contribution is 0.280. The molecule has 1 fully saturated rings. The van der Waals surface area contributed by atoms with Crippen LogP contribution in [0, 0.1) is 0 Å². The molecule has 0 amide bonds. The number of halogens is 1. The summed E-state index contributed by atoms with van der Waals surface area (Å²) < 4.78 is 5.26. The summed E-state index contributed by atoms with van der Waals surface area (Å²) in [5.41, 5.74) is 1.17. The van der Waals surface area contributed by atoms with Gasteiger partial charge in [0.25, 0.3) is 0 Å². The molecule has 2 rings (SSSR count). The van der Waals surface area contributed by atoms with E-state index in [-0.39, 0.29) is 24.0 Å². The van der Waals surface area contributed by atoms with E-state index in [2.05, 4.69) is 38.5 Å². The van der Waals surface area contributed by atoms with Gasteiger partial charge in [-0.2, -0.15) is 0 Å². The van der Waals surface area contributed by atoms with Crippen LogP contribution in [0.1, 0.15) is 12.0 Å². The fourth-order valence-electron chi connectivity index (χ4n) is 2.84. The van der Waals surface area contributed by atoms with Crippen molar-refractivity contribution < 1.29 is 4.74 Å². The van der Waals surface area contributed by atoms with E-state index in [1.165, 1.54) is 25.1 Å². The van der Waals surface area contributed by atoms with Crippen LogP contribution in [0.5, 0.6) is 5.75 Å². The summed E-state index contributed by atoms with van der Waals surface area (Å²) >= 11 is 0. The van der Waals surface area contributed by atoms with Crippen LogP contribution in [0.4, 0.5) is 0 Å². The number of nitrogens with zero attached hydrogens (tertiary/aromatic N) is 3. The highest BCUT2D eigenvalue weighted by Gasteiger charge is 2.11. The maximum atomic E-state index is 5.26. The Morgan fingerprint density at radius 3 is 2.80 bits per heavy atom. The summed E-state index contributed by atoms with van der Waals surface area (Å²) in [6.45, 7) is 7.37. The molecule has 0 aliphatic carbocycles. The fraction of sp³-hybridized carbons (Fsp3) is 0.611. The van der Waals surface area contributed by atoms with E-state index in [9.17, 15) is 0 Å². The van der Waals surface area contributed by atoms with Crippen molar-refractivity contribution in [2.45, 2.75) is 13.0 Å². The number of hydrogen-bond acceptors (Lipinski definition) is 4. The average Bonchev–Trinajstić information content (AvgIpc) is 2.82. The number of nitrogens with one attached hydrogen (secondary N) is 2. The van der Waals surface area contributed by atoms with Crippen molar-refractivity contribution in [1.82, 2.24) is 20.4 Å². The van der Waals surface area contributed by atoms with Crippen LogP contribution in [0.3, 0.4) is 0 Å². The molecule has 1 aliphatic rings. The van der Waals surface area contributed by atoms with E-state index in [0.29, 0.717) is 0 Å². The van der Waals surface area contributed by atoms with Crippen LogP contribution >= 0.6 is 24.0 Å². The van der Waals surface area contributed by atoms with Gasteiger partial charge in [0.2, 0.25) is 0 Å². The Balaban J connectivity index is 0.00000312. The van der Waals surface area contributed by atoms with E-state index in [1.54, 1.807) is 7.11 Å². The van der Waals surface area contributed by atoms with Crippen LogP contribution in [0.25, 0.3) is 0 Å². The second-order valence-electron chi connectivity index (χ2n) is 6.20. The van der Waals surface area contributed by atoms with Crippen molar-refractivity contribution in [3.8, 4) is 5.75 Å². The van der Waals surface area contributed by atoms with Crippen molar-refractivity contribution in [1.29, 1.82) is 0 Å². The Morgan fingerprint density at radius 1 is 1.20 bits per heavy atom. The summed E-state index contributed by atoms with van der Waals surface area (Å²) in [6, 6.07) is 8.07. The highest BCUT2D eigenvalue weighted by atomic mass is 127. The zero-order valence-corrected chi connectivity index (χ0v) is 18.0. The average molecular weight is 461 g/mol. The molecular formula is C18H32IN5O. The highest BCUT2D eigenvalue weighted by Crippen LogP contribution is 2.12. The van der Waals surface area contributed by atoms with Crippen molar-refractivity contribution >= 4 is 29.9 Å². The van der Waals surface area contributed by atoms with Gasteiger partial charge >= 0.3 is 0 Å². The fourth-order valence-corrected chi connectivity index (χ4v) is 2.84. The molecule has 0 aromatic heterocycles. The zero-order valence-electron chi connectivity index (χ0n) is 15.6. The predicted octanol–water partition coefficient (Wildman–Crippen LogP) is 1.62. The molecule has 0 atom stereocenters. The SMILES string of the molecule is CN=C(NCCN1CCCN(C)CC1)NCc1cccc(OC)c1.I. The van der Waals surface area contributed by atoms with Crippen molar-refractivity contribution in [3.63, 3.8) is 0 Å². The minimum atomic E-state index is 0. The molecule has 0 radical (unpaired) electrons. The number of likely N-dealkylation sites (N-methyl/N-ethyl adjacent to an activating group) is 1. The largest absolute Gasteiger partial charge is 0.497 e. The third-order valence-corrected chi connectivity index (χ3v) is 4.35. The maximum absolute atomic E-state index is 5.26. The third kappa shape index (κ3) is 8.24. The quantitative estimate of drug-likeness (QED) is 0.383. The first-order chi connectivity index (χ1) is 11.7. The van der Waals surface area contributed by atoms with Gasteiger partial charge in [0.15, 0.2) is 5.96 Å². The Kier molecular flexibility index (Phi) is 10.8. The van der Waals surface area contributed by atoms with Gasteiger partial charge in [-0.05, 0) is 44.3 Å². The molecule has 0 bridgehead atoms. The smallest absolute Gasteiger partial charge is 0.191 e. The molecule has 142 valence electrons. The molecule has 1 saturated heterocycles. The first-order valence-electron chi connectivity index (χ1n) is 8.69. The summed E-state index contributed by atoms with van der Waals surface area (Å²) in [5.74, 6) is 1.72. The van der Waals surface area contributed by atoms with Gasteiger partial charge in [0.05, 0.1) is 7.11 Å². The molecule has 0 saturated carbocycles. The molecule has 0 unspecified atom stereocenters. The van der Waals surface area contributed by atoms with Crippen molar-refractivity contribution in [2.24, 2.45) is 4.99 Å². The Morgan fingerprint density at radius 2 is 2.04 bits per heavy atom. The molecule has 6 nitrogen and oxygen atoms in total. The molecular weight excluding hydrogens is 429 g/mol. The number of aliphatic imine (C=N–C) groups is 1. The lowest BCUT2D eigenvalue weighted by Crippen LogP contribution is -2.42. The van der Waals surface area contributed by atoms with Gasteiger partial charge in [0, 0.05) is 39.8 Å². The van der Waals surface area contributed by atoms with Crippen LogP contribution < -0.4 is 15.4 Å². The molecule has 1 aromatic rings. The zero-order chi connectivity index (χ0) is 17.2. The minimum Gasteiger partial charge on any atom is -0.497 e. The number of benzene rings is 1. The third-order valence-electron chi connectivity index (χ3n) is 4.35. The van der Waals surface area contributed by atoms with Crippen LogP contribution in [0.15, 0.2) is 29.3 Å². The number of ether oxygens (including phenoxy) is 1. The van der Waals surface area contributed by atoms with Crippen LogP contribution in [-0.4, -0.2) is 76.2 Å². The summed E-state index contributed by atoms with van der Waals surface area (Å²) in [6.07, 6.45) is 1.25. The Bertz CT molecular complexity index is 526. The predicted molar refractivity (Wildman–Crippen MR) is 115 cm³/mol. The van der Waals surface area contributed by atoms with Gasteiger partial charge < -0.3 is 25.2 Å². The van der Waals surface area contributed by atoms with E-state index in [4.69, 9.17) is 4.74 Å². The van der Waals surface area contributed by atoms with Gasteiger partial charge in [0.1, 0.15) is 5.75 Å². The Hall–Kier alpha value is -1.06. The number of hydrogen-bond donors (Lipinski definition) is 2. The second kappa shape index (κ2) is 12.3. The van der Waals surface area contributed by atoms with E-state index in [0.717, 1.165) is 44.4 Å². The van der Waals surface area contributed by atoms with Crippen molar-refractivity contribution in [3.05, 3.63) is 29.8 Å². The lowest BCUT2D eigenvalue weighted by atomic mass is 10.2. The number of rotatable bonds is 6. The highest BCUT2D eigenvalue weighted by molar-refractivity contribution is 14.0. The van der Waals surface area contributed by atoms with E-state index >= 15 is 0 Å². The van der Waals surface area contributed by atoms with E-state index in [1.807, 2.05) is 25.2 Å². The minimum absolute atomic E-state index is 0. The van der Waals surface area contributed by atoms with Gasteiger partial charge in [-0.3, -0.25) is 4.99 Å².